The number of nitrogens with two attached hydrogens (primary N) is 1. The lowest BCUT2D eigenvalue weighted by Crippen LogP contribution is -2.55. The summed E-state index contributed by atoms with van der Waals surface area (Å²) in [6.07, 6.45) is 7.97. The number of piperidine rings is 1. The number of aliphatic imine (C=N–C) groups is 1. The van der Waals surface area contributed by atoms with Crippen LogP contribution in [0.5, 0.6) is 0 Å². The van der Waals surface area contributed by atoms with E-state index in [0.717, 1.165) is 24.1 Å². The third kappa shape index (κ3) is 2.80. The van der Waals surface area contributed by atoms with Crippen molar-refractivity contribution >= 4 is 11.6 Å². The van der Waals surface area contributed by atoms with Gasteiger partial charge in [0.25, 0.3) is 0 Å². The Bertz CT molecular complexity index is 455. The summed E-state index contributed by atoms with van der Waals surface area (Å²) in [5.74, 6) is 7.40. The Morgan fingerprint density at radius 3 is 2.65 bits per heavy atom. The van der Waals surface area contributed by atoms with Crippen molar-refractivity contribution in [2.24, 2.45) is 16.8 Å². The van der Waals surface area contributed by atoms with Gasteiger partial charge in [-0.05, 0) is 43.7 Å². The van der Waals surface area contributed by atoms with Gasteiger partial charge in [0.1, 0.15) is 0 Å². The standard InChI is InChI=1S/C16H24N4/c17-19-16(18-14-9-2-1-3-10-14)20-12-6-8-13-7-4-5-11-15(13)20/h1-3,9-10,13,15H,4-8,11-12,17H2,(H,18,19)/t13-,15-/m1/s1. The van der Waals surface area contributed by atoms with Crippen molar-refractivity contribution in [2.75, 3.05) is 6.54 Å². The van der Waals surface area contributed by atoms with Crippen molar-refractivity contribution in [3.8, 4) is 0 Å². The average molecular weight is 272 g/mol. The molecule has 20 heavy (non-hydrogen) atoms. The van der Waals surface area contributed by atoms with Crippen molar-refractivity contribution < 1.29 is 0 Å². The fourth-order valence-electron chi connectivity index (χ4n) is 3.69. The minimum atomic E-state index is 0.621. The molecule has 1 aromatic carbocycles. The van der Waals surface area contributed by atoms with Gasteiger partial charge in [0.2, 0.25) is 5.96 Å². The summed E-state index contributed by atoms with van der Waals surface area (Å²) in [6.45, 7) is 1.07. The fourth-order valence-corrected chi connectivity index (χ4v) is 3.69. The minimum absolute atomic E-state index is 0.621. The van der Waals surface area contributed by atoms with Crippen LogP contribution in [0.3, 0.4) is 0 Å². The Morgan fingerprint density at radius 1 is 1.10 bits per heavy atom. The number of likely N-dealkylation sites (tertiary alicyclic amines) is 1. The van der Waals surface area contributed by atoms with Crippen LogP contribution in [-0.4, -0.2) is 23.4 Å². The van der Waals surface area contributed by atoms with E-state index in [1.807, 2.05) is 30.3 Å². The maximum Gasteiger partial charge on any atom is 0.213 e. The zero-order valence-corrected chi connectivity index (χ0v) is 12.0. The molecule has 2 aliphatic rings. The first-order valence-corrected chi connectivity index (χ1v) is 7.75. The molecule has 3 N–H and O–H groups in total. The largest absolute Gasteiger partial charge is 0.338 e. The second kappa shape index (κ2) is 6.27. The summed E-state index contributed by atoms with van der Waals surface area (Å²) >= 11 is 0. The Kier molecular flexibility index (Phi) is 4.21. The van der Waals surface area contributed by atoms with E-state index < -0.39 is 0 Å². The summed E-state index contributed by atoms with van der Waals surface area (Å²) in [6, 6.07) is 10.7. The van der Waals surface area contributed by atoms with Crippen LogP contribution in [-0.2, 0) is 0 Å². The quantitative estimate of drug-likeness (QED) is 0.358. The molecule has 1 aliphatic heterocycles. The number of hydrogen-bond donors (Lipinski definition) is 2. The summed E-state index contributed by atoms with van der Waals surface area (Å²) in [5, 5.41) is 0. The molecule has 2 fully saturated rings. The zero-order chi connectivity index (χ0) is 13.8. The van der Waals surface area contributed by atoms with Gasteiger partial charge in [0.15, 0.2) is 0 Å². The van der Waals surface area contributed by atoms with E-state index in [-0.39, 0.29) is 0 Å². The van der Waals surface area contributed by atoms with Crippen molar-refractivity contribution in [2.45, 2.75) is 44.6 Å². The molecule has 1 aromatic rings. The first-order chi connectivity index (χ1) is 9.88. The lowest BCUT2D eigenvalue weighted by molar-refractivity contribution is 0.116. The van der Waals surface area contributed by atoms with E-state index in [1.54, 1.807) is 0 Å². The number of fused-ring (bicyclic) bond motifs is 1. The second-order valence-electron chi connectivity index (χ2n) is 5.86. The maximum atomic E-state index is 5.75. The van der Waals surface area contributed by atoms with Crippen molar-refractivity contribution in [1.29, 1.82) is 0 Å². The molecule has 0 spiro atoms. The molecule has 1 saturated heterocycles. The summed E-state index contributed by atoms with van der Waals surface area (Å²) in [5.41, 5.74) is 3.79. The normalized spacial score (nSPS) is 27.1. The smallest absolute Gasteiger partial charge is 0.213 e. The Balaban J connectivity index is 1.82. The van der Waals surface area contributed by atoms with E-state index in [2.05, 4.69) is 10.3 Å². The van der Waals surface area contributed by atoms with Gasteiger partial charge < -0.3 is 4.90 Å². The van der Waals surface area contributed by atoms with E-state index in [9.17, 15) is 0 Å². The highest BCUT2D eigenvalue weighted by Gasteiger charge is 2.34. The van der Waals surface area contributed by atoms with Crippen LogP contribution in [0.2, 0.25) is 0 Å². The first-order valence-electron chi connectivity index (χ1n) is 7.75. The van der Waals surface area contributed by atoms with Crippen LogP contribution < -0.4 is 11.3 Å². The van der Waals surface area contributed by atoms with Crippen LogP contribution in [0.25, 0.3) is 0 Å². The minimum Gasteiger partial charge on any atom is -0.338 e. The van der Waals surface area contributed by atoms with Crippen LogP contribution in [0, 0.1) is 5.92 Å². The van der Waals surface area contributed by atoms with Gasteiger partial charge in [0, 0.05) is 12.6 Å². The molecule has 4 heteroatoms. The Labute approximate surface area is 121 Å². The van der Waals surface area contributed by atoms with Gasteiger partial charge in [-0.2, -0.15) is 0 Å². The van der Waals surface area contributed by atoms with Crippen LogP contribution >= 0.6 is 0 Å². The molecular weight excluding hydrogens is 248 g/mol. The Morgan fingerprint density at radius 2 is 1.85 bits per heavy atom. The summed E-state index contributed by atoms with van der Waals surface area (Å²) in [4.78, 5) is 7.10. The van der Waals surface area contributed by atoms with Gasteiger partial charge in [-0.25, -0.2) is 10.8 Å². The average Bonchev–Trinajstić information content (AvgIpc) is 2.53. The summed E-state index contributed by atoms with van der Waals surface area (Å²) in [7, 11) is 0. The number of nitrogens with one attached hydrogen (secondary N) is 1. The third-order valence-corrected chi connectivity index (χ3v) is 4.64. The molecule has 4 nitrogen and oxygen atoms in total. The van der Waals surface area contributed by atoms with Crippen molar-refractivity contribution in [3.05, 3.63) is 30.3 Å². The van der Waals surface area contributed by atoms with E-state index in [0.29, 0.717) is 6.04 Å². The van der Waals surface area contributed by atoms with Crippen LogP contribution in [0.4, 0.5) is 5.69 Å². The topological polar surface area (TPSA) is 53.6 Å². The van der Waals surface area contributed by atoms with E-state index in [1.165, 1.54) is 38.5 Å². The highest BCUT2D eigenvalue weighted by molar-refractivity contribution is 5.82. The van der Waals surface area contributed by atoms with E-state index >= 15 is 0 Å². The highest BCUT2D eigenvalue weighted by Crippen LogP contribution is 2.35. The van der Waals surface area contributed by atoms with Gasteiger partial charge in [-0.1, -0.05) is 31.0 Å². The molecule has 1 aliphatic carbocycles. The first kappa shape index (κ1) is 13.4. The maximum absolute atomic E-state index is 5.75. The molecule has 1 saturated carbocycles. The third-order valence-electron chi connectivity index (χ3n) is 4.64. The SMILES string of the molecule is NNC(=Nc1ccccc1)N1CCC[C@H]2CCCC[C@H]21. The molecule has 0 bridgehead atoms. The number of hydrazine groups is 1. The van der Waals surface area contributed by atoms with Crippen LogP contribution in [0.15, 0.2) is 35.3 Å². The molecule has 108 valence electrons. The molecule has 3 rings (SSSR count). The predicted molar refractivity (Wildman–Crippen MR) is 82.5 cm³/mol. The molecule has 0 aromatic heterocycles. The zero-order valence-electron chi connectivity index (χ0n) is 12.0. The van der Waals surface area contributed by atoms with Gasteiger partial charge >= 0.3 is 0 Å². The number of benzene rings is 1. The number of hydrogen-bond acceptors (Lipinski definition) is 2. The molecule has 0 amide bonds. The van der Waals surface area contributed by atoms with Gasteiger partial charge in [0.05, 0.1) is 5.69 Å². The molecule has 2 atom stereocenters. The monoisotopic (exact) mass is 272 g/mol. The van der Waals surface area contributed by atoms with E-state index in [4.69, 9.17) is 10.8 Å². The predicted octanol–water partition coefficient (Wildman–Crippen LogP) is 2.79. The lowest BCUT2D eigenvalue weighted by atomic mass is 9.78. The fraction of sp³-hybridized carbons (Fsp3) is 0.562. The number of guanidine groups is 1. The number of para-hydroxylation sites is 1. The van der Waals surface area contributed by atoms with Crippen LogP contribution in [0.1, 0.15) is 38.5 Å². The van der Waals surface area contributed by atoms with Crippen molar-refractivity contribution in [3.63, 3.8) is 0 Å². The Hall–Kier alpha value is -1.55. The molecule has 0 unspecified atom stereocenters. The van der Waals surface area contributed by atoms with Gasteiger partial charge in [-0.15, -0.1) is 0 Å². The second-order valence-corrected chi connectivity index (χ2v) is 5.86. The number of rotatable bonds is 1. The van der Waals surface area contributed by atoms with Gasteiger partial charge in [-0.3, -0.25) is 5.43 Å². The highest BCUT2D eigenvalue weighted by atomic mass is 15.4. The molecular formula is C16H24N4. The summed E-state index contributed by atoms with van der Waals surface area (Å²) < 4.78 is 0. The number of nitrogens with zero attached hydrogens (tertiary/aromatic N) is 2. The molecule has 1 heterocycles. The van der Waals surface area contributed by atoms with Crippen molar-refractivity contribution in [1.82, 2.24) is 10.3 Å². The lowest BCUT2D eigenvalue weighted by Gasteiger charge is -2.45. The molecule has 0 radical (unpaired) electrons.